The highest BCUT2D eigenvalue weighted by molar-refractivity contribution is 5.27. The zero-order chi connectivity index (χ0) is 10.4. The Morgan fingerprint density at radius 1 is 1.14 bits per heavy atom. The van der Waals surface area contributed by atoms with Gasteiger partial charge in [-0.2, -0.15) is 0 Å². The second-order valence-electron chi connectivity index (χ2n) is 4.19. The van der Waals surface area contributed by atoms with Crippen molar-refractivity contribution in [2.45, 2.75) is 33.1 Å². The maximum atomic E-state index is 8.80. The van der Waals surface area contributed by atoms with Crippen molar-refractivity contribution in [2.75, 3.05) is 6.61 Å². The van der Waals surface area contributed by atoms with Crippen LogP contribution in [0.15, 0.2) is 24.3 Å². The van der Waals surface area contributed by atoms with E-state index in [1.807, 2.05) is 0 Å². The van der Waals surface area contributed by atoms with Crippen LogP contribution in [-0.2, 0) is 12.8 Å². The minimum atomic E-state index is 0.288. The van der Waals surface area contributed by atoms with Gasteiger partial charge in [-0.1, -0.05) is 38.1 Å². The van der Waals surface area contributed by atoms with E-state index in [2.05, 4.69) is 38.1 Å². The van der Waals surface area contributed by atoms with Crippen molar-refractivity contribution < 1.29 is 5.11 Å². The molecule has 0 aliphatic carbocycles. The van der Waals surface area contributed by atoms with Gasteiger partial charge in [0.1, 0.15) is 0 Å². The van der Waals surface area contributed by atoms with Crippen molar-refractivity contribution >= 4 is 0 Å². The van der Waals surface area contributed by atoms with E-state index in [4.69, 9.17) is 5.11 Å². The van der Waals surface area contributed by atoms with E-state index in [-0.39, 0.29) is 6.61 Å². The number of hydrogen-bond acceptors (Lipinski definition) is 1. The number of aliphatic hydroxyl groups excluding tert-OH is 1. The Labute approximate surface area is 86.8 Å². The number of aliphatic hydroxyl groups is 1. The molecule has 0 amide bonds. The highest BCUT2D eigenvalue weighted by atomic mass is 16.2. The molecule has 1 heteroatoms. The average Bonchev–Trinajstić information content (AvgIpc) is 2.16. The second-order valence-corrected chi connectivity index (χ2v) is 4.19. The van der Waals surface area contributed by atoms with Crippen LogP contribution < -0.4 is 0 Å². The normalized spacial score (nSPS) is 10.9. The van der Waals surface area contributed by atoms with E-state index in [1.165, 1.54) is 11.1 Å². The third-order valence-electron chi connectivity index (χ3n) is 2.35. The largest absolute Gasteiger partial charge is 0.396 e. The number of rotatable bonds is 5. The molecule has 0 heterocycles. The van der Waals surface area contributed by atoms with Crippen LogP contribution in [0.5, 0.6) is 0 Å². The molecule has 0 atom stereocenters. The molecule has 1 N–H and O–H groups in total. The minimum Gasteiger partial charge on any atom is -0.396 e. The molecule has 1 aromatic carbocycles. The molecule has 0 saturated heterocycles. The second kappa shape index (κ2) is 5.82. The van der Waals surface area contributed by atoms with Gasteiger partial charge in [0.05, 0.1) is 0 Å². The summed E-state index contributed by atoms with van der Waals surface area (Å²) in [6.45, 7) is 4.77. The van der Waals surface area contributed by atoms with Gasteiger partial charge in [-0.15, -0.1) is 0 Å². The van der Waals surface area contributed by atoms with Crippen molar-refractivity contribution in [2.24, 2.45) is 5.92 Å². The molecular weight excluding hydrogens is 172 g/mol. The van der Waals surface area contributed by atoms with Crippen molar-refractivity contribution in [1.82, 2.24) is 0 Å². The summed E-state index contributed by atoms with van der Waals surface area (Å²) in [5.74, 6) is 0.699. The van der Waals surface area contributed by atoms with Gasteiger partial charge in [0, 0.05) is 6.61 Å². The predicted octanol–water partition coefficient (Wildman–Crippen LogP) is 2.81. The molecule has 0 aromatic heterocycles. The molecule has 0 radical (unpaired) electrons. The molecule has 0 aliphatic heterocycles. The molecule has 0 unspecified atom stereocenters. The molecule has 1 nitrogen and oxygen atoms in total. The first-order valence-corrected chi connectivity index (χ1v) is 5.41. The van der Waals surface area contributed by atoms with Crippen LogP contribution >= 0.6 is 0 Å². The van der Waals surface area contributed by atoms with Crippen molar-refractivity contribution in [1.29, 1.82) is 0 Å². The molecule has 1 rings (SSSR count). The maximum Gasteiger partial charge on any atom is 0.0434 e. The van der Waals surface area contributed by atoms with Crippen LogP contribution in [0, 0.1) is 5.92 Å². The highest BCUT2D eigenvalue weighted by Crippen LogP contribution is 2.15. The van der Waals surface area contributed by atoms with Crippen LogP contribution in [0.4, 0.5) is 0 Å². The molecule has 0 aliphatic rings. The molecule has 78 valence electrons. The van der Waals surface area contributed by atoms with Crippen LogP contribution in [-0.4, -0.2) is 11.7 Å². The molecular formula is C13H20O. The zero-order valence-corrected chi connectivity index (χ0v) is 9.16. The number of aryl methyl sites for hydroxylation is 1. The Morgan fingerprint density at radius 3 is 2.36 bits per heavy atom. The van der Waals surface area contributed by atoms with Crippen molar-refractivity contribution in [3.05, 3.63) is 35.4 Å². The fraction of sp³-hybridized carbons (Fsp3) is 0.538. The fourth-order valence-electron chi connectivity index (χ4n) is 1.71. The van der Waals surface area contributed by atoms with Crippen LogP contribution in [0.3, 0.4) is 0 Å². The van der Waals surface area contributed by atoms with Gasteiger partial charge in [-0.25, -0.2) is 0 Å². The Bertz CT molecular complexity index is 266. The van der Waals surface area contributed by atoms with Gasteiger partial charge < -0.3 is 5.11 Å². The lowest BCUT2D eigenvalue weighted by atomic mass is 9.96. The van der Waals surface area contributed by atoms with E-state index in [0.29, 0.717) is 5.92 Å². The molecule has 0 fully saturated rings. The molecule has 1 aromatic rings. The Morgan fingerprint density at radius 2 is 1.79 bits per heavy atom. The van der Waals surface area contributed by atoms with Crippen molar-refractivity contribution in [3.63, 3.8) is 0 Å². The molecule has 0 spiro atoms. The summed E-state index contributed by atoms with van der Waals surface area (Å²) in [5.41, 5.74) is 2.84. The third kappa shape index (κ3) is 3.51. The summed E-state index contributed by atoms with van der Waals surface area (Å²) < 4.78 is 0. The summed E-state index contributed by atoms with van der Waals surface area (Å²) in [7, 11) is 0. The van der Waals surface area contributed by atoms with Gasteiger partial charge >= 0.3 is 0 Å². The third-order valence-corrected chi connectivity index (χ3v) is 2.35. The number of benzene rings is 1. The van der Waals surface area contributed by atoms with Gasteiger partial charge in [-0.05, 0) is 36.3 Å². The monoisotopic (exact) mass is 192 g/mol. The van der Waals surface area contributed by atoms with E-state index in [0.717, 1.165) is 19.3 Å². The summed E-state index contributed by atoms with van der Waals surface area (Å²) in [4.78, 5) is 0. The lowest BCUT2D eigenvalue weighted by Crippen LogP contribution is -2.00. The predicted molar refractivity (Wildman–Crippen MR) is 60.4 cm³/mol. The quantitative estimate of drug-likeness (QED) is 0.760. The maximum absolute atomic E-state index is 8.80. The van der Waals surface area contributed by atoms with Crippen molar-refractivity contribution in [3.8, 4) is 0 Å². The molecule has 14 heavy (non-hydrogen) atoms. The summed E-state index contributed by atoms with van der Waals surface area (Å²) in [6.07, 6.45) is 3.01. The van der Waals surface area contributed by atoms with E-state index in [1.54, 1.807) is 0 Å². The van der Waals surface area contributed by atoms with Gasteiger partial charge in [-0.3, -0.25) is 0 Å². The summed E-state index contributed by atoms with van der Waals surface area (Å²) >= 11 is 0. The van der Waals surface area contributed by atoms with E-state index < -0.39 is 0 Å². The summed E-state index contributed by atoms with van der Waals surface area (Å²) in [5, 5.41) is 8.80. The SMILES string of the molecule is CC(C)Cc1ccccc1CCCO. The number of hydrogen-bond donors (Lipinski definition) is 1. The first-order valence-electron chi connectivity index (χ1n) is 5.41. The Balaban J connectivity index is 2.69. The van der Waals surface area contributed by atoms with Gasteiger partial charge in [0.2, 0.25) is 0 Å². The first-order chi connectivity index (χ1) is 6.74. The minimum absolute atomic E-state index is 0.288. The van der Waals surface area contributed by atoms with Crippen LogP contribution in [0.25, 0.3) is 0 Å². The molecule has 0 saturated carbocycles. The average molecular weight is 192 g/mol. The van der Waals surface area contributed by atoms with Gasteiger partial charge in [0.15, 0.2) is 0 Å². The smallest absolute Gasteiger partial charge is 0.0434 e. The Hall–Kier alpha value is -0.820. The van der Waals surface area contributed by atoms with Crippen LogP contribution in [0.2, 0.25) is 0 Å². The van der Waals surface area contributed by atoms with Crippen LogP contribution in [0.1, 0.15) is 31.4 Å². The molecule has 0 bridgehead atoms. The lowest BCUT2D eigenvalue weighted by molar-refractivity contribution is 0.288. The first kappa shape index (κ1) is 11.3. The highest BCUT2D eigenvalue weighted by Gasteiger charge is 2.03. The van der Waals surface area contributed by atoms with E-state index in [9.17, 15) is 0 Å². The lowest BCUT2D eigenvalue weighted by Gasteiger charge is -2.10. The van der Waals surface area contributed by atoms with E-state index >= 15 is 0 Å². The standard InChI is InChI=1S/C13H20O/c1-11(2)10-13-7-4-3-6-12(13)8-5-9-14/h3-4,6-7,11,14H,5,8-10H2,1-2H3. The Kier molecular flexibility index (Phi) is 4.68. The zero-order valence-electron chi connectivity index (χ0n) is 9.16. The topological polar surface area (TPSA) is 20.2 Å². The van der Waals surface area contributed by atoms with Gasteiger partial charge in [0.25, 0.3) is 0 Å². The summed E-state index contributed by atoms with van der Waals surface area (Å²) in [6, 6.07) is 8.55. The fourth-order valence-corrected chi connectivity index (χ4v) is 1.71.